The average molecular weight is 360 g/mol. The smallest absolute Gasteiger partial charge is 0.347 e. The molecule has 0 radical (unpaired) electrons. The zero-order valence-corrected chi connectivity index (χ0v) is 13.9. The number of nitro benzene ring substituents is 1. The molecule has 4 rings (SSSR count). The SMILES string of the molecule is O=c1oc(-c2cccc(Oc3ccc([N+](=O)[O-])cc3)c2)nc2ccccc12. The van der Waals surface area contributed by atoms with E-state index >= 15 is 0 Å². The summed E-state index contributed by atoms with van der Waals surface area (Å²) in [6.45, 7) is 0. The molecule has 27 heavy (non-hydrogen) atoms. The minimum absolute atomic E-state index is 0.0155. The van der Waals surface area contributed by atoms with Crippen molar-refractivity contribution < 1.29 is 14.1 Å². The molecule has 0 aliphatic heterocycles. The van der Waals surface area contributed by atoms with Crippen molar-refractivity contribution in [3.8, 4) is 23.0 Å². The normalized spacial score (nSPS) is 10.7. The Kier molecular flexibility index (Phi) is 4.10. The predicted octanol–water partition coefficient (Wildman–Crippen LogP) is 4.56. The highest BCUT2D eigenvalue weighted by molar-refractivity contribution is 5.78. The van der Waals surface area contributed by atoms with Gasteiger partial charge in [-0.15, -0.1) is 0 Å². The maximum Gasteiger partial charge on any atom is 0.347 e. The minimum Gasteiger partial charge on any atom is -0.457 e. The van der Waals surface area contributed by atoms with Crippen LogP contribution in [0.2, 0.25) is 0 Å². The molecule has 0 amide bonds. The summed E-state index contributed by atoms with van der Waals surface area (Å²) < 4.78 is 11.0. The molecular formula is C20H12N2O5. The number of rotatable bonds is 4. The van der Waals surface area contributed by atoms with Gasteiger partial charge < -0.3 is 9.15 Å². The number of ether oxygens (including phenoxy) is 1. The lowest BCUT2D eigenvalue weighted by atomic mass is 10.2. The summed E-state index contributed by atoms with van der Waals surface area (Å²) in [6, 6.07) is 19.6. The van der Waals surface area contributed by atoms with E-state index in [0.29, 0.717) is 28.0 Å². The summed E-state index contributed by atoms with van der Waals surface area (Å²) >= 11 is 0. The molecular weight excluding hydrogens is 348 g/mol. The number of hydrogen-bond donors (Lipinski definition) is 0. The number of non-ortho nitro benzene ring substituents is 1. The number of nitrogens with zero attached hydrogens (tertiary/aromatic N) is 2. The van der Waals surface area contributed by atoms with Crippen molar-refractivity contribution in [1.82, 2.24) is 4.98 Å². The van der Waals surface area contributed by atoms with Gasteiger partial charge in [0.25, 0.3) is 5.69 Å². The molecule has 0 bridgehead atoms. The molecule has 3 aromatic carbocycles. The number of fused-ring (bicyclic) bond motifs is 1. The molecule has 1 aromatic heterocycles. The van der Waals surface area contributed by atoms with Crippen molar-refractivity contribution in [1.29, 1.82) is 0 Å². The highest BCUT2D eigenvalue weighted by Crippen LogP contribution is 2.27. The molecule has 7 nitrogen and oxygen atoms in total. The Morgan fingerprint density at radius 1 is 0.926 bits per heavy atom. The lowest BCUT2D eigenvalue weighted by Gasteiger charge is -2.07. The number of para-hydroxylation sites is 1. The quantitative estimate of drug-likeness (QED) is 0.391. The largest absolute Gasteiger partial charge is 0.457 e. The zero-order chi connectivity index (χ0) is 18.8. The van der Waals surface area contributed by atoms with Crippen LogP contribution in [-0.4, -0.2) is 9.91 Å². The van der Waals surface area contributed by atoms with E-state index in [1.165, 1.54) is 24.3 Å². The summed E-state index contributed by atoms with van der Waals surface area (Å²) in [6.07, 6.45) is 0. The summed E-state index contributed by atoms with van der Waals surface area (Å²) in [5.41, 5.74) is 0.651. The molecule has 0 unspecified atom stereocenters. The number of nitro groups is 1. The maximum atomic E-state index is 12.1. The minimum atomic E-state index is -0.474. The van der Waals surface area contributed by atoms with E-state index in [-0.39, 0.29) is 11.6 Å². The lowest BCUT2D eigenvalue weighted by molar-refractivity contribution is -0.384. The zero-order valence-electron chi connectivity index (χ0n) is 13.9. The Hall–Kier alpha value is -4.00. The van der Waals surface area contributed by atoms with Gasteiger partial charge in [-0.2, -0.15) is 0 Å². The van der Waals surface area contributed by atoms with Gasteiger partial charge in [0.2, 0.25) is 5.89 Å². The third-order valence-electron chi connectivity index (χ3n) is 3.90. The van der Waals surface area contributed by atoms with Crippen LogP contribution in [0.15, 0.2) is 82.0 Å². The Labute approximate surface area is 152 Å². The third-order valence-corrected chi connectivity index (χ3v) is 3.90. The average Bonchev–Trinajstić information content (AvgIpc) is 2.68. The van der Waals surface area contributed by atoms with Crippen LogP contribution in [0.4, 0.5) is 5.69 Å². The summed E-state index contributed by atoms with van der Waals surface area (Å²) in [7, 11) is 0. The number of aromatic nitrogens is 1. The topological polar surface area (TPSA) is 95.5 Å². The number of hydrogen-bond acceptors (Lipinski definition) is 6. The van der Waals surface area contributed by atoms with Crippen LogP contribution in [0.25, 0.3) is 22.4 Å². The first kappa shape index (κ1) is 16.5. The maximum absolute atomic E-state index is 12.1. The van der Waals surface area contributed by atoms with Gasteiger partial charge in [0.15, 0.2) is 0 Å². The van der Waals surface area contributed by atoms with Crippen LogP contribution in [0.5, 0.6) is 11.5 Å². The molecule has 0 aliphatic rings. The Balaban J connectivity index is 1.66. The van der Waals surface area contributed by atoms with E-state index in [0.717, 1.165) is 0 Å². The molecule has 7 heteroatoms. The summed E-state index contributed by atoms with van der Waals surface area (Å²) in [5.74, 6) is 1.12. The molecule has 0 saturated heterocycles. The fourth-order valence-corrected chi connectivity index (χ4v) is 2.61. The monoisotopic (exact) mass is 360 g/mol. The van der Waals surface area contributed by atoms with Gasteiger partial charge in [0, 0.05) is 17.7 Å². The molecule has 0 saturated carbocycles. The molecule has 0 aliphatic carbocycles. The van der Waals surface area contributed by atoms with E-state index in [9.17, 15) is 14.9 Å². The first-order valence-electron chi connectivity index (χ1n) is 8.03. The molecule has 0 N–H and O–H groups in total. The Morgan fingerprint density at radius 2 is 1.70 bits per heavy atom. The molecule has 0 spiro atoms. The van der Waals surface area contributed by atoms with Crippen LogP contribution in [-0.2, 0) is 0 Å². The van der Waals surface area contributed by atoms with Crippen molar-refractivity contribution in [2.75, 3.05) is 0 Å². The van der Waals surface area contributed by atoms with Gasteiger partial charge in [-0.25, -0.2) is 9.78 Å². The lowest BCUT2D eigenvalue weighted by Crippen LogP contribution is -2.02. The van der Waals surface area contributed by atoms with Gasteiger partial charge in [0.1, 0.15) is 11.5 Å². The van der Waals surface area contributed by atoms with Crippen molar-refractivity contribution in [3.05, 3.63) is 93.3 Å². The van der Waals surface area contributed by atoms with Crippen molar-refractivity contribution in [2.45, 2.75) is 0 Å². The molecule has 132 valence electrons. The van der Waals surface area contributed by atoms with E-state index in [4.69, 9.17) is 9.15 Å². The predicted molar refractivity (Wildman–Crippen MR) is 98.9 cm³/mol. The summed E-state index contributed by atoms with van der Waals surface area (Å²) in [4.78, 5) is 26.8. The van der Waals surface area contributed by atoms with Gasteiger partial charge in [0.05, 0.1) is 15.8 Å². The van der Waals surface area contributed by atoms with Crippen LogP contribution >= 0.6 is 0 Å². The van der Waals surface area contributed by atoms with Crippen LogP contribution < -0.4 is 10.4 Å². The fraction of sp³-hybridized carbons (Fsp3) is 0. The Bertz CT molecular complexity index is 1200. The second-order valence-electron chi connectivity index (χ2n) is 5.70. The van der Waals surface area contributed by atoms with Gasteiger partial charge in [-0.3, -0.25) is 10.1 Å². The Morgan fingerprint density at radius 3 is 2.48 bits per heavy atom. The molecule has 4 aromatic rings. The number of benzene rings is 3. The molecule has 0 atom stereocenters. The highest BCUT2D eigenvalue weighted by atomic mass is 16.6. The van der Waals surface area contributed by atoms with E-state index in [2.05, 4.69) is 4.98 Å². The van der Waals surface area contributed by atoms with E-state index in [1.807, 2.05) is 0 Å². The van der Waals surface area contributed by atoms with Crippen LogP contribution in [0.3, 0.4) is 0 Å². The first-order valence-corrected chi connectivity index (χ1v) is 8.03. The van der Waals surface area contributed by atoms with E-state index < -0.39 is 10.5 Å². The fourth-order valence-electron chi connectivity index (χ4n) is 2.61. The third kappa shape index (κ3) is 3.38. The summed E-state index contributed by atoms with van der Waals surface area (Å²) in [5, 5.41) is 11.1. The van der Waals surface area contributed by atoms with Crippen molar-refractivity contribution in [2.24, 2.45) is 0 Å². The van der Waals surface area contributed by atoms with Crippen LogP contribution in [0, 0.1) is 10.1 Å². The van der Waals surface area contributed by atoms with Gasteiger partial charge in [-0.05, 0) is 42.5 Å². The highest BCUT2D eigenvalue weighted by Gasteiger charge is 2.10. The van der Waals surface area contributed by atoms with Gasteiger partial charge >= 0.3 is 5.63 Å². The van der Waals surface area contributed by atoms with Crippen LogP contribution in [0.1, 0.15) is 0 Å². The standard InChI is InChI=1S/C20H12N2O5/c23-20-17-6-1-2-7-18(17)21-19(27-20)13-4-3-5-16(12-13)26-15-10-8-14(9-11-15)22(24)25/h1-12H. The molecule has 0 fully saturated rings. The first-order chi connectivity index (χ1) is 13.1. The van der Waals surface area contributed by atoms with Gasteiger partial charge in [-0.1, -0.05) is 18.2 Å². The second kappa shape index (κ2) is 6.72. The second-order valence-corrected chi connectivity index (χ2v) is 5.70. The van der Waals surface area contributed by atoms with Crippen molar-refractivity contribution in [3.63, 3.8) is 0 Å². The van der Waals surface area contributed by atoms with E-state index in [1.54, 1.807) is 48.5 Å². The molecule has 1 heterocycles. The van der Waals surface area contributed by atoms with Crippen molar-refractivity contribution >= 4 is 16.6 Å².